The van der Waals surface area contributed by atoms with E-state index in [1.54, 1.807) is 0 Å². The molecule has 2 heterocycles. The van der Waals surface area contributed by atoms with Gasteiger partial charge in [-0.1, -0.05) is 0 Å². The number of hydrogen-bond acceptors (Lipinski definition) is 3. The van der Waals surface area contributed by atoms with Gasteiger partial charge in [0.15, 0.2) is 0 Å². The van der Waals surface area contributed by atoms with Crippen LogP contribution in [0.15, 0.2) is 0 Å². The van der Waals surface area contributed by atoms with Crippen molar-refractivity contribution in [1.82, 2.24) is 10.2 Å². The van der Waals surface area contributed by atoms with Crippen molar-refractivity contribution in [3.05, 3.63) is 0 Å². The minimum absolute atomic E-state index is 0.0817. The Hall–Kier alpha value is -0.610. The largest absolute Gasteiger partial charge is 0.379 e. The molecule has 1 amide bonds. The Labute approximate surface area is 78.2 Å². The van der Waals surface area contributed by atoms with E-state index in [0.29, 0.717) is 6.42 Å². The van der Waals surface area contributed by atoms with Gasteiger partial charge in [0.05, 0.1) is 19.3 Å². The summed E-state index contributed by atoms with van der Waals surface area (Å²) in [5.74, 6) is 0.0817. The molecule has 0 bridgehead atoms. The molecule has 1 atom stereocenters. The van der Waals surface area contributed by atoms with Gasteiger partial charge in [0.25, 0.3) is 0 Å². The van der Waals surface area contributed by atoms with Crippen LogP contribution in [0, 0.1) is 0 Å². The number of carbonyl (C=O) groups excluding carboxylic acids is 1. The lowest BCUT2D eigenvalue weighted by atomic mass is 10.2. The lowest BCUT2D eigenvalue weighted by Crippen LogP contribution is -2.42. The van der Waals surface area contributed by atoms with Gasteiger partial charge in [0.1, 0.15) is 0 Å². The number of rotatable bonds is 2. The predicted octanol–water partition coefficient (Wildman–Crippen LogP) is -0.388. The molecular weight excluding hydrogens is 168 g/mol. The van der Waals surface area contributed by atoms with Crippen LogP contribution in [0.3, 0.4) is 0 Å². The molecule has 0 aromatic heterocycles. The molecule has 2 rings (SSSR count). The lowest BCUT2D eigenvalue weighted by molar-refractivity contribution is -0.119. The van der Waals surface area contributed by atoms with Crippen LogP contribution < -0.4 is 5.32 Å². The molecule has 4 nitrogen and oxygen atoms in total. The fourth-order valence-electron chi connectivity index (χ4n) is 1.84. The average Bonchev–Trinajstić information content (AvgIpc) is 2.53. The molecule has 1 radical (unpaired) electrons. The minimum Gasteiger partial charge on any atom is -0.379 e. The number of hydrogen-bond donors (Lipinski definition) is 0. The van der Waals surface area contributed by atoms with Crippen LogP contribution in [-0.2, 0) is 9.53 Å². The van der Waals surface area contributed by atoms with Crippen molar-refractivity contribution in [1.29, 1.82) is 0 Å². The maximum atomic E-state index is 10.9. The fourth-order valence-corrected chi connectivity index (χ4v) is 1.84. The maximum absolute atomic E-state index is 10.9. The summed E-state index contributed by atoms with van der Waals surface area (Å²) in [6, 6.07) is 0.255. The Kier molecular flexibility index (Phi) is 2.80. The number of carbonyl (C=O) groups is 1. The summed E-state index contributed by atoms with van der Waals surface area (Å²) in [7, 11) is 0. The van der Waals surface area contributed by atoms with Crippen molar-refractivity contribution in [2.24, 2.45) is 0 Å². The molecule has 0 saturated carbocycles. The van der Waals surface area contributed by atoms with Gasteiger partial charge < -0.3 is 4.74 Å². The molecule has 73 valence electrons. The third-order valence-electron chi connectivity index (χ3n) is 2.59. The molecule has 0 aliphatic carbocycles. The fraction of sp³-hybridized carbons (Fsp3) is 0.889. The monoisotopic (exact) mass is 183 g/mol. The molecule has 0 aromatic rings. The zero-order valence-corrected chi connectivity index (χ0v) is 7.74. The normalized spacial score (nSPS) is 30.5. The van der Waals surface area contributed by atoms with Gasteiger partial charge >= 0.3 is 0 Å². The second-order valence-electron chi connectivity index (χ2n) is 3.63. The Morgan fingerprint density at radius 3 is 2.85 bits per heavy atom. The van der Waals surface area contributed by atoms with Crippen LogP contribution in [0.25, 0.3) is 0 Å². The first-order valence-electron chi connectivity index (χ1n) is 4.88. The van der Waals surface area contributed by atoms with E-state index in [1.807, 2.05) is 0 Å². The highest BCUT2D eigenvalue weighted by Gasteiger charge is 2.25. The molecule has 4 heteroatoms. The van der Waals surface area contributed by atoms with Crippen molar-refractivity contribution < 1.29 is 9.53 Å². The Morgan fingerprint density at radius 2 is 2.23 bits per heavy atom. The molecule has 0 aromatic carbocycles. The Morgan fingerprint density at radius 1 is 1.46 bits per heavy atom. The highest BCUT2D eigenvalue weighted by atomic mass is 16.5. The van der Waals surface area contributed by atoms with Gasteiger partial charge in [-0.25, -0.2) is 5.32 Å². The van der Waals surface area contributed by atoms with Crippen molar-refractivity contribution in [3.8, 4) is 0 Å². The molecule has 2 fully saturated rings. The van der Waals surface area contributed by atoms with E-state index in [0.717, 1.165) is 39.3 Å². The molecule has 13 heavy (non-hydrogen) atoms. The Balaban J connectivity index is 1.73. The lowest BCUT2D eigenvalue weighted by Gasteiger charge is -2.28. The third-order valence-corrected chi connectivity index (χ3v) is 2.59. The van der Waals surface area contributed by atoms with E-state index < -0.39 is 0 Å². The van der Waals surface area contributed by atoms with E-state index in [9.17, 15) is 4.79 Å². The van der Waals surface area contributed by atoms with Crippen molar-refractivity contribution in [2.75, 3.05) is 32.8 Å². The maximum Gasteiger partial charge on any atom is 0.241 e. The van der Waals surface area contributed by atoms with Crippen LogP contribution >= 0.6 is 0 Å². The molecule has 0 N–H and O–H groups in total. The number of amides is 1. The van der Waals surface area contributed by atoms with E-state index in [-0.39, 0.29) is 11.9 Å². The quantitative estimate of drug-likeness (QED) is 0.585. The zero-order valence-electron chi connectivity index (χ0n) is 7.74. The summed E-state index contributed by atoms with van der Waals surface area (Å²) in [5, 5.41) is 4.06. The van der Waals surface area contributed by atoms with E-state index in [2.05, 4.69) is 10.2 Å². The summed E-state index contributed by atoms with van der Waals surface area (Å²) in [6.45, 7) is 4.55. The average molecular weight is 183 g/mol. The second-order valence-corrected chi connectivity index (χ2v) is 3.63. The van der Waals surface area contributed by atoms with Crippen molar-refractivity contribution in [2.45, 2.75) is 18.9 Å². The van der Waals surface area contributed by atoms with Crippen LogP contribution in [0.5, 0.6) is 0 Å². The van der Waals surface area contributed by atoms with Crippen LogP contribution in [0.1, 0.15) is 12.8 Å². The van der Waals surface area contributed by atoms with Gasteiger partial charge in [0.2, 0.25) is 5.91 Å². The van der Waals surface area contributed by atoms with Gasteiger partial charge in [-0.05, 0) is 6.42 Å². The van der Waals surface area contributed by atoms with Gasteiger partial charge in [0, 0.05) is 26.1 Å². The number of morpholine rings is 1. The summed E-state index contributed by atoms with van der Waals surface area (Å²) in [4.78, 5) is 13.2. The molecule has 0 spiro atoms. The zero-order chi connectivity index (χ0) is 9.10. The molecular formula is C9H15N2O2. The smallest absolute Gasteiger partial charge is 0.241 e. The summed E-state index contributed by atoms with van der Waals surface area (Å²) < 4.78 is 5.25. The molecule has 2 aliphatic rings. The first-order valence-corrected chi connectivity index (χ1v) is 4.88. The van der Waals surface area contributed by atoms with Gasteiger partial charge in [-0.2, -0.15) is 0 Å². The number of ether oxygens (including phenoxy) is 1. The SMILES string of the molecule is O=C1CC[C@@H](CN2CCOCC2)[N]1. The van der Waals surface area contributed by atoms with Crippen molar-refractivity contribution >= 4 is 5.91 Å². The van der Waals surface area contributed by atoms with Crippen LogP contribution in [-0.4, -0.2) is 49.7 Å². The standard InChI is InChI=1S/C9H15N2O2/c12-9-2-1-8(10-9)7-11-3-5-13-6-4-11/h8H,1-7H2/t8-/m0/s1. The predicted molar refractivity (Wildman–Crippen MR) is 47.4 cm³/mol. The third kappa shape index (κ3) is 2.42. The van der Waals surface area contributed by atoms with Crippen molar-refractivity contribution in [3.63, 3.8) is 0 Å². The summed E-state index contributed by atoms with van der Waals surface area (Å²) in [6.07, 6.45) is 1.59. The molecule has 2 aliphatic heterocycles. The van der Waals surface area contributed by atoms with Crippen LogP contribution in [0.4, 0.5) is 0 Å². The second kappa shape index (κ2) is 4.07. The summed E-state index contributed by atoms with van der Waals surface area (Å²) in [5.41, 5.74) is 0. The van der Waals surface area contributed by atoms with Gasteiger partial charge in [-0.3, -0.25) is 9.69 Å². The topological polar surface area (TPSA) is 43.6 Å². The highest BCUT2D eigenvalue weighted by molar-refractivity contribution is 5.78. The van der Waals surface area contributed by atoms with E-state index in [1.165, 1.54) is 0 Å². The van der Waals surface area contributed by atoms with E-state index >= 15 is 0 Å². The number of nitrogens with zero attached hydrogens (tertiary/aromatic N) is 2. The highest BCUT2D eigenvalue weighted by Crippen LogP contribution is 2.10. The van der Waals surface area contributed by atoms with Crippen LogP contribution in [0.2, 0.25) is 0 Å². The Bertz CT molecular complexity index is 190. The van der Waals surface area contributed by atoms with E-state index in [4.69, 9.17) is 4.74 Å². The molecule has 0 unspecified atom stereocenters. The minimum atomic E-state index is 0.0817. The first kappa shape index (κ1) is 8.97. The summed E-state index contributed by atoms with van der Waals surface area (Å²) >= 11 is 0. The first-order chi connectivity index (χ1) is 6.34. The molecule has 2 saturated heterocycles. The van der Waals surface area contributed by atoms with Gasteiger partial charge in [-0.15, -0.1) is 0 Å².